The topological polar surface area (TPSA) is 65.4 Å². The van der Waals surface area contributed by atoms with E-state index in [0.717, 1.165) is 54.2 Å². The summed E-state index contributed by atoms with van der Waals surface area (Å²) in [5.74, 6) is 0. The molecule has 4 nitrogen and oxygen atoms in total. The molecule has 0 spiro atoms. The highest BCUT2D eigenvalue weighted by Gasteiger charge is 2.27. The van der Waals surface area contributed by atoms with Crippen molar-refractivity contribution in [1.29, 1.82) is 10.5 Å². The lowest BCUT2D eigenvalue weighted by atomic mass is 9.98. The molecule has 0 atom stereocenters. The number of rotatable bonds is 2. The first-order valence-electron chi connectivity index (χ1n) is 12.9. The third-order valence-electron chi connectivity index (χ3n) is 7.69. The molecule has 0 bridgehead atoms. The zero-order chi connectivity index (χ0) is 26.8. The minimum Gasteiger partial charge on any atom is -0.309 e. The van der Waals surface area contributed by atoms with E-state index in [0.29, 0.717) is 5.57 Å². The second-order valence-electron chi connectivity index (χ2n) is 9.82. The van der Waals surface area contributed by atoms with Gasteiger partial charge in [0.15, 0.2) is 0 Å². The second-order valence-corrected chi connectivity index (χ2v) is 10.9. The number of hydrogen-bond donors (Lipinski definition) is 0. The van der Waals surface area contributed by atoms with Crippen molar-refractivity contribution in [1.82, 2.24) is 9.55 Å². The normalized spacial score (nSPS) is 11.9. The Hall–Kier alpha value is -5.49. The lowest BCUT2D eigenvalue weighted by molar-refractivity contribution is 1.18. The SMILES string of the molecule is N#CC(C#N)=C1c2ccccc2-c2cc(-c3nc4cc5c6ccccc6n(-c6ccccc6)c5cc4s3)ccc21. The molecule has 5 aromatic carbocycles. The minimum absolute atomic E-state index is 0.136. The number of aromatic nitrogens is 2. The van der Waals surface area contributed by atoms with Crippen molar-refractivity contribution >= 4 is 48.9 Å². The molecule has 1 aliphatic rings. The van der Waals surface area contributed by atoms with Gasteiger partial charge in [-0.1, -0.05) is 72.8 Å². The molecule has 0 saturated heterocycles. The van der Waals surface area contributed by atoms with Gasteiger partial charge in [-0.3, -0.25) is 0 Å². The first-order chi connectivity index (χ1) is 19.7. The summed E-state index contributed by atoms with van der Waals surface area (Å²) >= 11 is 1.68. The molecule has 8 rings (SSSR count). The average Bonchev–Trinajstić information content (AvgIpc) is 3.67. The van der Waals surface area contributed by atoms with Crippen LogP contribution in [0.1, 0.15) is 11.1 Å². The van der Waals surface area contributed by atoms with Gasteiger partial charge >= 0.3 is 0 Å². The number of benzene rings is 5. The molecule has 5 heteroatoms. The summed E-state index contributed by atoms with van der Waals surface area (Å²) in [6.07, 6.45) is 0. The fourth-order valence-corrected chi connectivity index (χ4v) is 6.95. The molecule has 0 radical (unpaired) electrons. The minimum atomic E-state index is 0.136. The van der Waals surface area contributed by atoms with E-state index in [1.54, 1.807) is 11.3 Å². The summed E-state index contributed by atoms with van der Waals surface area (Å²) in [6, 6.07) is 41.8. The average molecular weight is 527 g/mol. The van der Waals surface area contributed by atoms with Gasteiger partial charge < -0.3 is 4.57 Å². The van der Waals surface area contributed by atoms with Crippen LogP contribution in [-0.2, 0) is 0 Å². The fraction of sp³-hybridized carbons (Fsp3) is 0. The third-order valence-corrected chi connectivity index (χ3v) is 8.76. The van der Waals surface area contributed by atoms with E-state index in [1.165, 1.54) is 16.3 Å². The Morgan fingerprint density at radius 1 is 0.650 bits per heavy atom. The molecule has 0 N–H and O–H groups in total. The van der Waals surface area contributed by atoms with Crippen LogP contribution in [0.25, 0.3) is 65.0 Å². The molecule has 2 aromatic heterocycles. The van der Waals surface area contributed by atoms with Gasteiger partial charge in [-0.15, -0.1) is 11.3 Å². The van der Waals surface area contributed by atoms with Crippen LogP contribution in [0.3, 0.4) is 0 Å². The van der Waals surface area contributed by atoms with Gasteiger partial charge in [0.1, 0.15) is 22.7 Å². The number of thiazole rings is 1. The van der Waals surface area contributed by atoms with E-state index < -0.39 is 0 Å². The van der Waals surface area contributed by atoms with Gasteiger partial charge in [-0.2, -0.15) is 10.5 Å². The van der Waals surface area contributed by atoms with Crippen molar-refractivity contribution in [3.05, 3.63) is 126 Å². The monoisotopic (exact) mass is 526 g/mol. The Morgan fingerprint density at radius 2 is 1.38 bits per heavy atom. The maximum absolute atomic E-state index is 9.63. The maximum Gasteiger partial charge on any atom is 0.138 e. The predicted octanol–water partition coefficient (Wildman–Crippen LogP) is 8.89. The number of nitriles is 2. The Balaban J connectivity index is 1.33. The smallest absolute Gasteiger partial charge is 0.138 e. The molecule has 0 unspecified atom stereocenters. The largest absolute Gasteiger partial charge is 0.309 e. The van der Waals surface area contributed by atoms with Crippen LogP contribution >= 0.6 is 11.3 Å². The van der Waals surface area contributed by atoms with Gasteiger partial charge in [-0.25, -0.2) is 4.98 Å². The Bertz CT molecular complexity index is 2270. The first-order valence-corrected chi connectivity index (χ1v) is 13.7. The summed E-state index contributed by atoms with van der Waals surface area (Å²) in [5, 5.41) is 22.6. The van der Waals surface area contributed by atoms with Crippen molar-refractivity contribution in [2.45, 2.75) is 0 Å². The van der Waals surface area contributed by atoms with E-state index in [-0.39, 0.29) is 5.57 Å². The van der Waals surface area contributed by atoms with E-state index in [9.17, 15) is 10.5 Å². The third kappa shape index (κ3) is 3.13. The van der Waals surface area contributed by atoms with Crippen molar-refractivity contribution in [2.75, 3.05) is 0 Å². The van der Waals surface area contributed by atoms with Crippen LogP contribution in [0, 0.1) is 22.7 Å². The second kappa shape index (κ2) is 8.51. The molecular formula is C35H18N4S. The van der Waals surface area contributed by atoms with Gasteiger partial charge in [0.2, 0.25) is 0 Å². The van der Waals surface area contributed by atoms with Crippen LogP contribution in [0.4, 0.5) is 0 Å². The Morgan fingerprint density at radius 3 is 2.20 bits per heavy atom. The molecule has 2 heterocycles. The quantitative estimate of drug-likeness (QED) is 0.211. The Labute approximate surface area is 233 Å². The lowest BCUT2D eigenvalue weighted by Crippen LogP contribution is -1.92. The van der Waals surface area contributed by atoms with Gasteiger partial charge in [0.25, 0.3) is 0 Å². The van der Waals surface area contributed by atoms with Crippen molar-refractivity contribution < 1.29 is 0 Å². The van der Waals surface area contributed by atoms with Crippen LogP contribution < -0.4 is 0 Å². The summed E-state index contributed by atoms with van der Waals surface area (Å²) in [6.45, 7) is 0. The van der Waals surface area contributed by atoms with Crippen LogP contribution in [0.2, 0.25) is 0 Å². The van der Waals surface area contributed by atoms with Crippen LogP contribution in [-0.4, -0.2) is 9.55 Å². The molecule has 40 heavy (non-hydrogen) atoms. The molecule has 1 aliphatic carbocycles. The number of fused-ring (bicyclic) bond motifs is 7. The highest BCUT2D eigenvalue weighted by atomic mass is 32.1. The first kappa shape index (κ1) is 22.5. The molecule has 0 amide bonds. The highest BCUT2D eigenvalue weighted by molar-refractivity contribution is 7.21. The molecule has 184 valence electrons. The van der Waals surface area contributed by atoms with E-state index in [1.807, 2.05) is 36.4 Å². The number of allylic oxidation sites excluding steroid dienone is 1. The highest BCUT2D eigenvalue weighted by Crippen LogP contribution is 2.47. The molecule has 0 saturated carbocycles. The number of nitrogens with zero attached hydrogens (tertiary/aromatic N) is 4. The Kier molecular flexibility index (Phi) is 4.79. The van der Waals surface area contributed by atoms with Crippen molar-refractivity contribution in [2.24, 2.45) is 0 Å². The van der Waals surface area contributed by atoms with Gasteiger partial charge in [0.05, 0.1) is 21.3 Å². The molecule has 7 aromatic rings. The van der Waals surface area contributed by atoms with Crippen molar-refractivity contribution in [3.63, 3.8) is 0 Å². The standard InChI is InChI=1S/C35H18N4S/c36-19-22(20-37)34-26-12-5-4-10-24(26)28-16-21(14-15-27(28)34)35-38-30-17-29-25-11-6-7-13-31(25)39(23-8-2-1-3-9-23)32(29)18-33(30)40-35/h1-18H. The predicted molar refractivity (Wildman–Crippen MR) is 162 cm³/mol. The summed E-state index contributed by atoms with van der Waals surface area (Å²) in [5.41, 5.74) is 10.2. The summed E-state index contributed by atoms with van der Waals surface area (Å²) in [4.78, 5) is 5.08. The molecule has 0 aliphatic heterocycles. The zero-order valence-corrected chi connectivity index (χ0v) is 21.9. The molecule has 0 fully saturated rings. The lowest BCUT2D eigenvalue weighted by Gasteiger charge is -2.07. The molecular weight excluding hydrogens is 508 g/mol. The van der Waals surface area contributed by atoms with Gasteiger partial charge in [0, 0.05) is 27.6 Å². The number of hydrogen-bond acceptors (Lipinski definition) is 4. The van der Waals surface area contributed by atoms with Crippen molar-refractivity contribution in [3.8, 4) is 39.5 Å². The zero-order valence-electron chi connectivity index (χ0n) is 21.1. The van der Waals surface area contributed by atoms with Crippen LogP contribution in [0.5, 0.6) is 0 Å². The van der Waals surface area contributed by atoms with Gasteiger partial charge in [-0.05, 0) is 58.7 Å². The summed E-state index contributed by atoms with van der Waals surface area (Å²) < 4.78 is 3.45. The van der Waals surface area contributed by atoms with Crippen LogP contribution in [0.15, 0.2) is 115 Å². The van der Waals surface area contributed by atoms with E-state index in [2.05, 4.69) is 89.5 Å². The summed E-state index contributed by atoms with van der Waals surface area (Å²) in [7, 11) is 0. The van der Waals surface area contributed by atoms with E-state index in [4.69, 9.17) is 4.98 Å². The van der Waals surface area contributed by atoms with E-state index >= 15 is 0 Å². The fourth-order valence-electron chi connectivity index (χ4n) is 5.97. The maximum atomic E-state index is 9.63. The number of para-hydroxylation sites is 2.